The minimum atomic E-state index is 0.605. The molecule has 0 heterocycles. The first kappa shape index (κ1) is 8.38. The Hall–Kier alpha value is -0.720. The van der Waals surface area contributed by atoms with Gasteiger partial charge in [-0.05, 0) is 30.9 Å². The molecule has 0 N–H and O–H groups in total. The Kier molecular flexibility index (Phi) is 2.75. The van der Waals surface area contributed by atoms with Gasteiger partial charge in [-0.2, -0.15) is 0 Å². The second kappa shape index (κ2) is 3.61. The van der Waals surface area contributed by atoms with Crippen LogP contribution in [0.2, 0.25) is 0 Å². The predicted octanol–water partition coefficient (Wildman–Crippen LogP) is 2.71. The fourth-order valence-electron chi connectivity index (χ4n) is 1.14. The van der Waals surface area contributed by atoms with Crippen molar-refractivity contribution in [3.8, 4) is 0 Å². The molecule has 1 nitrogen and oxygen atoms in total. The first-order valence-electron chi connectivity index (χ1n) is 4.03. The molecule has 0 fully saturated rings. The van der Waals surface area contributed by atoms with Gasteiger partial charge in [-0.15, -0.1) is 0 Å². The zero-order chi connectivity index (χ0) is 8.27. The highest BCUT2D eigenvalue weighted by molar-refractivity contribution is 5.31. The molecule has 0 aromatic heterocycles. The van der Waals surface area contributed by atoms with Gasteiger partial charge in [-0.3, -0.25) is 0 Å². The summed E-state index contributed by atoms with van der Waals surface area (Å²) in [7, 11) is 1.71. The summed E-state index contributed by atoms with van der Waals surface area (Å²) in [4.78, 5) is 0. The molecule has 1 radical (unpaired) electrons. The highest BCUT2D eigenvalue weighted by Crippen LogP contribution is 2.22. The first-order chi connectivity index (χ1) is 5.24. The molecule has 1 aliphatic carbocycles. The summed E-state index contributed by atoms with van der Waals surface area (Å²) in [6, 6.07) is 0. The molecule has 0 aliphatic heterocycles. The standard InChI is InChI=1S/C10H15O/c1-8(2)9-5-4-6-10(7-9)11-3/h5-8H,4H2,1-3H3. The van der Waals surface area contributed by atoms with E-state index < -0.39 is 0 Å². The highest BCUT2D eigenvalue weighted by Gasteiger charge is 2.08. The van der Waals surface area contributed by atoms with Gasteiger partial charge in [0.2, 0.25) is 0 Å². The molecule has 1 rings (SSSR count). The van der Waals surface area contributed by atoms with Crippen LogP contribution in [-0.2, 0) is 4.74 Å². The van der Waals surface area contributed by atoms with Crippen molar-refractivity contribution in [3.63, 3.8) is 0 Å². The maximum Gasteiger partial charge on any atom is 0.114 e. The SMILES string of the molecule is COC1=CC[CH]C(C(C)C)=C1. The Balaban J connectivity index is 2.68. The second-order valence-corrected chi connectivity index (χ2v) is 3.05. The van der Waals surface area contributed by atoms with Gasteiger partial charge in [0, 0.05) is 0 Å². The molecule has 0 bridgehead atoms. The quantitative estimate of drug-likeness (QED) is 0.589. The zero-order valence-electron chi connectivity index (χ0n) is 7.42. The number of hydrogen-bond donors (Lipinski definition) is 0. The van der Waals surface area contributed by atoms with Crippen molar-refractivity contribution in [2.24, 2.45) is 5.92 Å². The number of hydrogen-bond acceptors (Lipinski definition) is 1. The minimum absolute atomic E-state index is 0.605. The maximum absolute atomic E-state index is 5.14. The predicted molar refractivity (Wildman–Crippen MR) is 46.9 cm³/mol. The van der Waals surface area contributed by atoms with Crippen LogP contribution in [0.5, 0.6) is 0 Å². The van der Waals surface area contributed by atoms with Crippen molar-refractivity contribution in [3.05, 3.63) is 29.9 Å². The van der Waals surface area contributed by atoms with Crippen LogP contribution in [0.25, 0.3) is 0 Å². The van der Waals surface area contributed by atoms with E-state index in [1.807, 2.05) is 0 Å². The lowest BCUT2D eigenvalue weighted by Crippen LogP contribution is -2.00. The lowest BCUT2D eigenvalue weighted by molar-refractivity contribution is 0.303. The van der Waals surface area contributed by atoms with Crippen LogP contribution in [0.1, 0.15) is 20.3 Å². The molecule has 0 atom stereocenters. The Morgan fingerprint density at radius 2 is 2.18 bits per heavy atom. The van der Waals surface area contributed by atoms with Crippen LogP contribution in [0.4, 0.5) is 0 Å². The summed E-state index contributed by atoms with van der Waals surface area (Å²) >= 11 is 0. The third kappa shape index (κ3) is 2.11. The van der Waals surface area contributed by atoms with E-state index >= 15 is 0 Å². The molecule has 0 saturated carbocycles. The summed E-state index contributed by atoms with van der Waals surface area (Å²) in [6.45, 7) is 4.39. The number of rotatable bonds is 2. The first-order valence-corrected chi connectivity index (χ1v) is 4.03. The van der Waals surface area contributed by atoms with E-state index in [0.717, 1.165) is 12.2 Å². The van der Waals surface area contributed by atoms with Crippen LogP contribution >= 0.6 is 0 Å². The molecular formula is C10H15O. The van der Waals surface area contributed by atoms with Crippen molar-refractivity contribution in [1.82, 2.24) is 0 Å². The Morgan fingerprint density at radius 1 is 1.45 bits per heavy atom. The highest BCUT2D eigenvalue weighted by atomic mass is 16.5. The third-order valence-electron chi connectivity index (χ3n) is 1.88. The average Bonchev–Trinajstić information content (AvgIpc) is 2.05. The van der Waals surface area contributed by atoms with E-state index in [0.29, 0.717) is 5.92 Å². The van der Waals surface area contributed by atoms with Crippen LogP contribution in [0, 0.1) is 12.3 Å². The molecule has 0 unspecified atom stereocenters. The molecule has 0 saturated heterocycles. The van der Waals surface area contributed by atoms with Crippen molar-refractivity contribution in [2.75, 3.05) is 7.11 Å². The van der Waals surface area contributed by atoms with Crippen LogP contribution in [0.15, 0.2) is 23.5 Å². The molecule has 0 aromatic rings. The fourth-order valence-corrected chi connectivity index (χ4v) is 1.14. The van der Waals surface area contributed by atoms with E-state index in [1.165, 1.54) is 5.57 Å². The molecule has 0 spiro atoms. The summed E-state index contributed by atoms with van der Waals surface area (Å²) in [5.41, 5.74) is 1.38. The van der Waals surface area contributed by atoms with E-state index in [2.05, 4.69) is 32.4 Å². The average molecular weight is 151 g/mol. The lowest BCUT2D eigenvalue weighted by atomic mass is 9.94. The summed E-state index contributed by atoms with van der Waals surface area (Å²) in [6.07, 6.45) is 7.44. The van der Waals surface area contributed by atoms with E-state index in [1.54, 1.807) is 7.11 Å². The fraction of sp³-hybridized carbons (Fsp3) is 0.500. The zero-order valence-corrected chi connectivity index (χ0v) is 7.42. The Labute approximate surface area is 68.8 Å². The molecular weight excluding hydrogens is 136 g/mol. The Bertz CT molecular complexity index is 187. The van der Waals surface area contributed by atoms with Crippen molar-refractivity contribution in [1.29, 1.82) is 0 Å². The maximum atomic E-state index is 5.14. The molecule has 11 heavy (non-hydrogen) atoms. The van der Waals surface area contributed by atoms with Gasteiger partial charge in [0.05, 0.1) is 7.11 Å². The van der Waals surface area contributed by atoms with E-state index in [9.17, 15) is 0 Å². The van der Waals surface area contributed by atoms with Crippen molar-refractivity contribution >= 4 is 0 Å². The lowest BCUT2D eigenvalue weighted by Gasteiger charge is -2.15. The van der Waals surface area contributed by atoms with Crippen molar-refractivity contribution < 1.29 is 4.74 Å². The largest absolute Gasteiger partial charge is 0.497 e. The second-order valence-electron chi connectivity index (χ2n) is 3.05. The smallest absolute Gasteiger partial charge is 0.114 e. The number of methoxy groups -OCH3 is 1. The summed E-state index contributed by atoms with van der Waals surface area (Å²) in [5, 5.41) is 0. The van der Waals surface area contributed by atoms with Gasteiger partial charge in [-0.25, -0.2) is 0 Å². The van der Waals surface area contributed by atoms with Crippen LogP contribution in [-0.4, -0.2) is 7.11 Å². The van der Waals surface area contributed by atoms with Gasteiger partial charge >= 0.3 is 0 Å². The molecule has 0 amide bonds. The topological polar surface area (TPSA) is 9.23 Å². The Morgan fingerprint density at radius 3 is 2.73 bits per heavy atom. The number of ether oxygens (including phenoxy) is 1. The molecule has 1 heteroatoms. The van der Waals surface area contributed by atoms with E-state index in [-0.39, 0.29) is 0 Å². The third-order valence-corrected chi connectivity index (χ3v) is 1.88. The van der Waals surface area contributed by atoms with Gasteiger partial charge in [0.15, 0.2) is 0 Å². The van der Waals surface area contributed by atoms with Gasteiger partial charge in [0.25, 0.3) is 0 Å². The number of allylic oxidation sites excluding steroid dienone is 3. The van der Waals surface area contributed by atoms with Gasteiger partial charge < -0.3 is 4.74 Å². The molecule has 1 aliphatic rings. The van der Waals surface area contributed by atoms with Gasteiger partial charge in [0.1, 0.15) is 5.76 Å². The minimum Gasteiger partial charge on any atom is -0.497 e. The van der Waals surface area contributed by atoms with Gasteiger partial charge in [-0.1, -0.05) is 19.4 Å². The molecule has 61 valence electrons. The van der Waals surface area contributed by atoms with Crippen LogP contribution < -0.4 is 0 Å². The monoisotopic (exact) mass is 151 g/mol. The van der Waals surface area contributed by atoms with Crippen molar-refractivity contribution in [2.45, 2.75) is 20.3 Å². The molecule has 0 aromatic carbocycles. The summed E-state index contributed by atoms with van der Waals surface area (Å²) in [5.74, 6) is 1.60. The van der Waals surface area contributed by atoms with Crippen LogP contribution in [0.3, 0.4) is 0 Å². The normalized spacial score (nSPS) is 17.8. The summed E-state index contributed by atoms with van der Waals surface area (Å²) < 4.78 is 5.14. The van der Waals surface area contributed by atoms with E-state index in [4.69, 9.17) is 4.74 Å².